The third-order valence-corrected chi connectivity index (χ3v) is 3.45. The molecule has 0 atom stereocenters. The number of hydrogen-bond donors (Lipinski definition) is 2. The van der Waals surface area contributed by atoms with Gasteiger partial charge in [0.15, 0.2) is 11.5 Å². The maximum absolute atomic E-state index is 12.1. The van der Waals surface area contributed by atoms with Crippen LogP contribution in [-0.2, 0) is 4.79 Å². The molecule has 0 bridgehead atoms. The first-order valence-electron chi connectivity index (χ1n) is 7.34. The molecule has 1 amide bonds. The number of nitrogens with one attached hydrogen (secondary N) is 2. The zero-order valence-electron chi connectivity index (χ0n) is 13.8. The molecule has 0 aliphatic carbocycles. The van der Waals surface area contributed by atoms with Crippen LogP contribution in [0.15, 0.2) is 36.4 Å². The van der Waals surface area contributed by atoms with Crippen molar-refractivity contribution in [1.29, 1.82) is 5.26 Å². The molecule has 0 aliphatic rings. The van der Waals surface area contributed by atoms with E-state index < -0.39 is 0 Å². The summed E-state index contributed by atoms with van der Waals surface area (Å²) in [5.74, 6) is 1.02. The number of methoxy groups -OCH3 is 2. The fourth-order valence-corrected chi connectivity index (χ4v) is 2.22. The number of nitrogens with zero attached hydrogens (tertiary/aromatic N) is 1. The molecule has 0 saturated heterocycles. The Morgan fingerprint density at radius 1 is 1.17 bits per heavy atom. The molecular formula is C18H19N3O3. The van der Waals surface area contributed by atoms with Crippen LogP contribution in [0.5, 0.6) is 11.5 Å². The molecule has 0 aromatic heterocycles. The number of nitriles is 1. The van der Waals surface area contributed by atoms with E-state index in [1.54, 1.807) is 44.6 Å². The average Bonchev–Trinajstić information content (AvgIpc) is 2.60. The lowest BCUT2D eigenvalue weighted by molar-refractivity contribution is -0.114. The number of carbonyl (C=O) groups excluding carboxylic acids is 1. The number of aryl methyl sites for hydroxylation is 1. The molecule has 6 nitrogen and oxygen atoms in total. The standard InChI is InChI=1S/C18H19N3O3/c1-12-7-16(23-2)17(24-3)9-15(12)20-11-18(22)21-14-6-4-5-13(8-14)10-19/h4-9,20H,11H2,1-3H3,(H,21,22). The molecule has 0 radical (unpaired) electrons. The molecule has 2 aromatic carbocycles. The SMILES string of the molecule is COc1cc(C)c(NCC(=O)Nc2cccc(C#N)c2)cc1OC. The van der Waals surface area contributed by atoms with Crippen LogP contribution in [0.25, 0.3) is 0 Å². The van der Waals surface area contributed by atoms with Gasteiger partial charge in [0.2, 0.25) is 5.91 Å². The summed E-state index contributed by atoms with van der Waals surface area (Å²) in [4.78, 5) is 12.1. The Hall–Kier alpha value is -3.20. The predicted octanol–water partition coefficient (Wildman–Crippen LogP) is 2.93. The van der Waals surface area contributed by atoms with Gasteiger partial charge in [-0.15, -0.1) is 0 Å². The molecule has 24 heavy (non-hydrogen) atoms. The first-order chi connectivity index (χ1) is 11.6. The Labute approximate surface area is 141 Å². The van der Waals surface area contributed by atoms with Crippen LogP contribution in [-0.4, -0.2) is 26.7 Å². The van der Waals surface area contributed by atoms with E-state index in [-0.39, 0.29) is 12.5 Å². The molecule has 2 rings (SSSR count). The summed E-state index contributed by atoms with van der Waals surface area (Å²) < 4.78 is 10.5. The second-order valence-electron chi connectivity index (χ2n) is 5.12. The summed E-state index contributed by atoms with van der Waals surface area (Å²) in [6, 6.07) is 12.4. The number of amides is 1. The molecule has 0 aliphatic heterocycles. The van der Waals surface area contributed by atoms with E-state index in [1.165, 1.54) is 0 Å². The quantitative estimate of drug-likeness (QED) is 0.853. The van der Waals surface area contributed by atoms with Gasteiger partial charge in [0.1, 0.15) is 0 Å². The van der Waals surface area contributed by atoms with Crippen molar-refractivity contribution < 1.29 is 14.3 Å². The lowest BCUT2D eigenvalue weighted by Crippen LogP contribution is -2.22. The minimum Gasteiger partial charge on any atom is -0.493 e. The van der Waals surface area contributed by atoms with Gasteiger partial charge < -0.3 is 20.1 Å². The van der Waals surface area contributed by atoms with Crippen molar-refractivity contribution in [1.82, 2.24) is 0 Å². The van der Waals surface area contributed by atoms with Crippen LogP contribution in [0.3, 0.4) is 0 Å². The van der Waals surface area contributed by atoms with Crippen LogP contribution in [0, 0.1) is 18.3 Å². The Morgan fingerprint density at radius 3 is 2.54 bits per heavy atom. The van der Waals surface area contributed by atoms with E-state index >= 15 is 0 Å². The maximum atomic E-state index is 12.1. The second kappa shape index (κ2) is 7.88. The largest absolute Gasteiger partial charge is 0.493 e. The highest BCUT2D eigenvalue weighted by atomic mass is 16.5. The fraction of sp³-hybridized carbons (Fsp3) is 0.222. The van der Waals surface area contributed by atoms with Crippen molar-refractivity contribution in [3.8, 4) is 17.6 Å². The highest BCUT2D eigenvalue weighted by molar-refractivity contribution is 5.94. The maximum Gasteiger partial charge on any atom is 0.243 e. The van der Waals surface area contributed by atoms with Crippen LogP contribution >= 0.6 is 0 Å². The van der Waals surface area contributed by atoms with Gasteiger partial charge in [-0.3, -0.25) is 4.79 Å². The molecule has 0 heterocycles. The third-order valence-electron chi connectivity index (χ3n) is 3.45. The minimum atomic E-state index is -0.209. The number of anilines is 2. The van der Waals surface area contributed by atoms with E-state index in [9.17, 15) is 4.79 Å². The number of ether oxygens (including phenoxy) is 2. The topological polar surface area (TPSA) is 83.4 Å². The Morgan fingerprint density at radius 2 is 1.88 bits per heavy atom. The normalized spacial score (nSPS) is 9.75. The highest BCUT2D eigenvalue weighted by Crippen LogP contribution is 2.32. The van der Waals surface area contributed by atoms with E-state index in [2.05, 4.69) is 10.6 Å². The van der Waals surface area contributed by atoms with Crippen molar-refractivity contribution in [2.75, 3.05) is 31.4 Å². The summed E-state index contributed by atoms with van der Waals surface area (Å²) in [7, 11) is 3.14. The van der Waals surface area contributed by atoms with Gasteiger partial charge in [0.05, 0.1) is 32.4 Å². The van der Waals surface area contributed by atoms with Gasteiger partial charge in [0, 0.05) is 17.4 Å². The van der Waals surface area contributed by atoms with E-state index in [0.717, 1.165) is 11.3 Å². The van der Waals surface area contributed by atoms with Crippen molar-refractivity contribution in [3.05, 3.63) is 47.5 Å². The molecule has 0 fully saturated rings. The monoisotopic (exact) mass is 325 g/mol. The minimum absolute atomic E-state index is 0.0904. The molecule has 2 N–H and O–H groups in total. The van der Waals surface area contributed by atoms with Gasteiger partial charge in [-0.2, -0.15) is 5.26 Å². The molecule has 2 aromatic rings. The van der Waals surface area contributed by atoms with E-state index in [4.69, 9.17) is 14.7 Å². The second-order valence-corrected chi connectivity index (χ2v) is 5.12. The summed E-state index contributed by atoms with van der Waals surface area (Å²) in [5.41, 5.74) is 2.81. The number of carbonyl (C=O) groups is 1. The molecule has 0 unspecified atom stereocenters. The first-order valence-corrected chi connectivity index (χ1v) is 7.34. The van der Waals surface area contributed by atoms with Crippen LogP contribution in [0.1, 0.15) is 11.1 Å². The van der Waals surface area contributed by atoms with Crippen molar-refractivity contribution in [3.63, 3.8) is 0 Å². The van der Waals surface area contributed by atoms with Crippen molar-refractivity contribution in [2.24, 2.45) is 0 Å². The lowest BCUT2D eigenvalue weighted by atomic mass is 10.1. The smallest absolute Gasteiger partial charge is 0.243 e. The molecular weight excluding hydrogens is 306 g/mol. The molecule has 0 spiro atoms. The van der Waals surface area contributed by atoms with Crippen LogP contribution < -0.4 is 20.1 Å². The summed E-state index contributed by atoms with van der Waals surface area (Å²) >= 11 is 0. The third kappa shape index (κ3) is 4.17. The van der Waals surface area contributed by atoms with Gasteiger partial charge >= 0.3 is 0 Å². The summed E-state index contributed by atoms with van der Waals surface area (Å²) in [6.07, 6.45) is 0. The summed E-state index contributed by atoms with van der Waals surface area (Å²) in [5, 5.41) is 14.7. The summed E-state index contributed by atoms with van der Waals surface area (Å²) in [6.45, 7) is 2.01. The lowest BCUT2D eigenvalue weighted by Gasteiger charge is -2.14. The Balaban J connectivity index is 2.02. The molecule has 6 heteroatoms. The number of rotatable bonds is 6. The van der Waals surface area contributed by atoms with E-state index in [1.807, 2.05) is 19.1 Å². The van der Waals surface area contributed by atoms with E-state index in [0.29, 0.717) is 22.7 Å². The van der Waals surface area contributed by atoms with Crippen LogP contribution in [0.2, 0.25) is 0 Å². The van der Waals surface area contributed by atoms with Crippen molar-refractivity contribution in [2.45, 2.75) is 6.92 Å². The highest BCUT2D eigenvalue weighted by Gasteiger charge is 2.10. The Kier molecular flexibility index (Phi) is 5.63. The predicted molar refractivity (Wildman–Crippen MR) is 92.6 cm³/mol. The molecule has 124 valence electrons. The number of hydrogen-bond acceptors (Lipinski definition) is 5. The van der Waals surface area contributed by atoms with Crippen molar-refractivity contribution >= 4 is 17.3 Å². The van der Waals surface area contributed by atoms with Gasteiger partial charge in [-0.1, -0.05) is 6.07 Å². The zero-order chi connectivity index (χ0) is 17.5. The van der Waals surface area contributed by atoms with Gasteiger partial charge in [0.25, 0.3) is 0 Å². The average molecular weight is 325 g/mol. The van der Waals surface area contributed by atoms with Crippen LogP contribution in [0.4, 0.5) is 11.4 Å². The van der Waals surface area contributed by atoms with Gasteiger partial charge in [-0.25, -0.2) is 0 Å². The Bertz CT molecular complexity index is 782. The first kappa shape index (κ1) is 17.2. The fourth-order valence-electron chi connectivity index (χ4n) is 2.22. The number of benzene rings is 2. The zero-order valence-corrected chi connectivity index (χ0v) is 13.8. The van der Waals surface area contributed by atoms with Gasteiger partial charge in [-0.05, 0) is 36.8 Å². The molecule has 0 saturated carbocycles.